The Hall–Kier alpha value is -3.08. The van der Waals surface area contributed by atoms with Crippen LogP contribution >= 0.6 is 7.60 Å². The Labute approximate surface area is 182 Å². The second-order valence-electron chi connectivity index (χ2n) is 7.70. The molecule has 0 unspecified atom stereocenters. The molecule has 13 heteroatoms. The molecule has 1 fully saturated rings. The number of hydrogen-bond donors (Lipinski definition) is 3. The minimum Gasteiger partial charge on any atom is -0.480 e. The highest BCUT2D eigenvalue weighted by atomic mass is 31.2. The first-order valence-electron chi connectivity index (χ1n) is 10.1. The highest BCUT2D eigenvalue weighted by Gasteiger charge is 2.25. The smallest absolute Gasteiger partial charge is 0.325 e. The molecule has 4 rings (SSSR count). The summed E-state index contributed by atoms with van der Waals surface area (Å²) in [6.07, 6.45) is 4.77. The van der Waals surface area contributed by atoms with Crippen LogP contribution in [0.3, 0.4) is 0 Å². The van der Waals surface area contributed by atoms with Crippen LogP contribution in [0.4, 0.5) is 5.82 Å². The molecule has 3 aromatic rings. The van der Waals surface area contributed by atoms with Crippen LogP contribution in [0.2, 0.25) is 0 Å². The first-order valence-corrected chi connectivity index (χ1v) is 11.9. The Morgan fingerprint density at radius 2 is 2.09 bits per heavy atom. The van der Waals surface area contributed by atoms with E-state index in [-0.39, 0.29) is 29.0 Å². The number of carbonyl (C=O) groups is 1. The number of aromatic amines is 1. The number of methoxy groups -OCH3 is 1. The number of aromatic nitrogens is 5. The van der Waals surface area contributed by atoms with Crippen molar-refractivity contribution in [3.63, 3.8) is 0 Å². The number of fused-ring (bicyclic) bond motifs is 1. The normalized spacial score (nSPS) is 15.3. The van der Waals surface area contributed by atoms with E-state index in [2.05, 4.69) is 20.3 Å². The molecule has 12 nitrogen and oxygen atoms in total. The van der Waals surface area contributed by atoms with Gasteiger partial charge in [-0.1, -0.05) is 0 Å². The summed E-state index contributed by atoms with van der Waals surface area (Å²) in [6.45, 7) is 1.33. The number of pyridine rings is 1. The quantitative estimate of drug-likeness (QED) is 0.450. The van der Waals surface area contributed by atoms with Gasteiger partial charge in [-0.05, 0) is 37.3 Å². The van der Waals surface area contributed by atoms with E-state index in [1.807, 2.05) is 4.90 Å². The Kier molecular flexibility index (Phi) is 6.09. The fourth-order valence-electron chi connectivity index (χ4n) is 3.87. The lowest BCUT2D eigenvalue weighted by Crippen LogP contribution is -2.35. The lowest BCUT2D eigenvalue weighted by Gasteiger charge is -2.33. The van der Waals surface area contributed by atoms with Gasteiger partial charge in [-0.15, -0.1) is 0 Å². The monoisotopic (exact) mass is 462 g/mol. The number of nitrogens with one attached hydrogen (secondary N) is 1. The second kappa shape index (κ2) is 8.81. The number of piperidine rings is 1. The molecule has 32 heavy (non-hydrogen) atoms. The van der Waals surface area contributed by atoms with E-state index in [0.29, 0.717) is 30.7 Å². The van der Waals surface area contributed by atoms with Gasteiger partial charge in [0.2, 0.25) is 5.88 Å². The molecule has 0 spiro atoms. The highest BCUT2D eigenvalue weighted by molar-refractivity contribution is 7.51. The van der Waals surface area contributed by atoms with Crippen molar-refractivity contribution in [1.82, 2.24) is 25.0 Å². The van der Waals surface area contributed by atoms with Crippen LogP contribution in [0, 0.1) is 5.92 Å². The lowest BCUT2D eigenvalue weighted by atomic mass is 9.94. The van der Waals surface area contributed by atoms with Crippen LogP contribution in [0.1, 0.15) is 29.8 Å². The number of H-pyrrole nitrogens is 1. The Morgan fingerprint density at radius 1 is 1.34 bits per heavy atom. The number of carbonyl (C=O) groups excluding carboxylic acids is 1. The molecule has 170 valence electrons. The van der Waals surface area contributed by atoms with Gasteiger partial charge in [-0.25, -0.2) is 0 Å². The third-order valence-electron chi connectivity index (χ3n) is 5.61. The van der Waals surface area contributed by atoms with Crippen molar-refractivity contribution >= 4 is 30.1 Å². The van der Waals surface area contributed by atoms with Gasteiger partial charge in [-0.3, -0.25) is 19.3 Å². The Balaban J connectivity index is 1.59. The van der Waals surface area contributed by atoms with Crippen molar-refractivity contribution in [1.29, 1.82) is 0 Å². The van der Waals surface area contributed by atoms with E-state index >= 15 is 0 Å². The summed E-state index contributed by atoms with van der Waals surface area (Å²) in [5, 5.41) is 10.9. The van der Waals surface area contributed by atoms with Gasteiger partial charge in [0.25, 0.3) is 11.5 Å². The summed E-state index contributed by atoms with van der Waals surface area (Å²) in [7, 11) is -2.58. The maximum Gasteiger partial charge on any atom is 0.325 e. The predicted octanol–water partition coefficient (Wildman–Crippen LogP) is 0.996. The van der Waals surface area contributed by atoms with Gasteiger partial charge in [0.15, 0.2) is 0 Å². The third kappa shape index (κ3) is 4.57. The van der Waals surface area contributed by atoms with Crippen LogP contribution in [-0.4, -0.2) is 67.0 Å². The first-order chi connectivity index (χ1) is 15.3. The average molecular weight is 462 g/mol. The molecular formula is C19H23N6O6P. The Bertz CT molecular complexity index is 1230. The third-order valence-corrected chi connectivity index (χ3v) is 6.45. The molecule has 0 aromatic carbocycles. The molecule has 0 atom stereocenters. The zero-order valence-electron chi connectivity index (χ0n) is 17.3. The van der Waals surface area contributed by atoms with Gasteiger partial charge in [0.1, 0.15) is 16.9 Å². The molecular weight excluding hydrogens is 439 g/mol. The summed E-state index contributed by atoms with van der Waals surface area (Å²) in [5.74, 6) is 0.308. The minimum atomic E-state index is -3.99. The molecule has 3 N–H and O–H groups in total. The number of anilines is 1. The van der Waals surface area contributed by atoms with Crippen molar-refractivity contribution in [2.24, 2.45) is 5.92 Å². The maximum absolute atomic E-state index is 13.0. The van der Waals surface area contributed by atoms with E-state index < -0.39 is 19.1 Å². The molecule has 1 saturated heterocycles. The fraction of sp³-hybridized carbons (Fsp3) is 0.421. The highest BCUT2D eigenvalue weighted by Crippen LogP contribution is 2.38. The predicted molar refractivity (Wildman–Crippen MR) is 115 cm³/mol. The standard InChI is InChI=1S/C19H23N6O6P/c1-31-17-16-13(11-21-25(19(16)27)18(26)14-2-6-20-23-14)10-15(22-17)24-7-3-12(4-8-24)5-9-32(28,29)30/h2,6,10-12H,3-5,7-9H2,1H3,(H,20,23)(H2,28,29,30). The molecule has 1 aliphatic rings. The topological polar surface area (TPSA) is 164 Å². The molecule has 0 radical (unpaired) electrons. The SMILES string of the molecule is COc1nc(N2CCC(CCP(=O)(O)O)CC2)cc2cnn(C(=O)c3ccn[nH]3)c(=O)c12. The van der Waals surface area contributed by atoms with E-state index in [0.717, 1.165) is 17.5 Å². The maximum atomic E-state index is 13.0. The molecule has 1 aliphatic heterocycles. The Morgan fingerprint density at radius 3 is 2.72 bits per heavy atom. The number of hydrogen-bond acceptors (Lipinski definition) is 8. The molecule has 0 amide bonds. The van der Waals surface area contributed by atoms with Crippen LogP contribution in [0.15, 0.2) is 29.3 Å². The molecule has 0 aliphatic carbocycles. The first kappa shape index (κ1) is 22.1. The van der Waals surface area contributed by atoms with E-state index in [1.165, 1.54) is 25.6 Å². The van der Waals surface area contributed by atoms with E-state index in [9.17, 15) is 14.2 Å². The van der Waals surface area contributed by atoms with Gasteiger partial charge in [0.05, 0.1) is 19.5 Å². The van der Waals surface area contributed by atoms with Gasteiger partial charge < -0.3 is 19.4 Å². The molecule has 0 bridgehead atoms. The van der Waals surface area contributed by atoms with E-state index in [4.69, 9.17) is 14.5 Å². The largest absolute Gasteiger partial charge is 0.480 e. The van der Waals surface area contributed by atoms with Crippen molar-refractivity contribution in [3.8, 4) is 5.88 Å². The second-order valence-corrected chi connectivity index (χ2v) is 9.47. The van der Waals surface area contributed by atoms with E-state index in [1.54, 1.807) is 6.07 Å². The van der Waals surface area contributed by atoms with Crippen molar-refractivity contribution in [3.05, 3.63) is 40.6 Å². The molecule has 3 aromatic heterocycles. The number of ether oxygens (including phenoxy) is 1. The van der Waals surface area contributed by atoms with Crippen molar-refractivity contribution in [2.75, 3.05) is 31.3 Å². The van der Waals surface area contributed by atoms with Crippen molar-refractivity contribution in [2.45, 2.75) is 19.3 Å². The lowest BCUT2D eigenvalue weighted by molar-refractivity contribution is 0.0934. The number of rotatable bonds is 6. The van der Waals surface area contributed by atoms with Gasteiger partial charge in [0, 0.05) is 24.7 Å². The van der Waals surface area contributed by atoms with Gasteiger partial charge >= 0.3 is 7.60 Å². The summed E-state index contributed by atoms with van der Waals surface area (Å²) in [6, 6.07) is 3.18. The summed E-state index contributed by atoms with van der Waals surface area (Å²) >= 11 is 0. The van der Waals surface area contributed by atoms with Crippen molar-refractivity contribution < 1.29 is 23.9 Å². The fourth-order valence-corrected chi connectivity index (χ4v) is 4.57. The molecule has 0 saturated carbocycles. The van der Waals surface area contributed by atoms with Gasteiger partial charge in [-0.2, -0.15) is 19.9 Å². The zero-order valence-corrected chi connectivity index (χ0v) is 18.2. The van der Waals surface area contributed by atoms with Crippen LogP contribution < -0.4 is 15.2 Å². The van der Waals surface area contributed by atoms with Crippen LogP contribution in [0.25, 0.3) is 10.8 Å². The minimum absolute atomic E-state index is 0.0969. The zero-order chi connectivity index (χ0) is 22.9. The summed E-state index contributed by atoms with van der Waals surface area (Å²) in [4.78, 5) is 50.2. The van der Waals surface area contributed by atoms with Crippen LogP contribution in [0.5, 0.6) is 5.88 Å². The molecule has 4 heterocycles. The number of nitrogens with zero attached hydrogens (tertiary/aromatic N) is 5. The summed E-state index contributed by atoms with van der Waals surface area (Å²) in [5.41, 5.74) is -0.515. The summed E-state index contributed by atoms with van der Waals surface area (Å²) < 4.78 is 17.2. The average Bonchev–Trinajstić information content (AvgIpc) is 3.31. The van der Waals surface area contributed by atoms with Crippen LogP contribution in [-0.2, 0) is 4.57 Å².